The van der Waals surface area contributed by atoms with E-state index in [4.69, 9.17) is 0 Å². The highest BCUT2D eigenvalue weighted by molar-refractivity contribution is 7.12. The van der Waals surface area contributed by atoms with E-state index in [1.165, 1.54) is 11.3 Å². The highest BCUT2D eigenvalue weighted by atomic mass is 32.1. The predicted molar refractivity (Wildman–Crippen MR) is 76.2 cm³/mol. The fourth-order valence-electron chi connectivity index (χ4n) is 2.08. The summed E-state index contributed by atoms with van der Waals surface area (Å²) >= 11 is 1.44. The minimum atomic E-state index is -0.0512. The van der Waals surface area contributed by atoms with Gasteiger partial charge in [-0.15, -0.1) is 11.3 Å². The van der Waals surface area contributed by atoms with Gasteiger partial charge in [0.05, 0.1) is 22.6 Å². The molecule has 0 aliphatic heterocycles. The number of fused-ring (bicyclic) bond motifs is 1. The zero-order valence-corrected chi connectivity index (χ0v) is 11.3. The van der Waals surface area contributed by atoms with Crippen LogP contribution in [0.25, 0.3) is 10.9 Å². The number of aryl methyl sites for hydroxylation is 1. The summed E-state index contributed by atoms with van der Waals surface area (Å²) in [5.41, 5.74) is 1.96. The van der Waals surface area contributed by atoms with Gasteiger partial charge in [-0.05, 0) is 17.5 Å². The Hall–Kier alpha value is -2.14. The zero-order chi connectivity index (χ0) is 13.2. The summed E-state index contributed by atoms with van der Waals surface area (Å²) in [6.07, 6.45) is 0. The van der Waals surface area contributed by atoms with Crippen LogP contribution in [0.3, 0.4) is 0 Å². The van der Waals surface area contributed by atoms with Gasteiger partial charge in [-0.25, -0.2) is 0 Å². The van der Waals surface area contributed by atoms with Gasteiger partial charge in [-0.1, -0.05) is 24.3 Å². The molecule has 0 atom stereocenters. The van der Waals surface area contributed by atoms with Crippen molar-refractivity contribution in [3.05, 3.63) is 52.3 Å². The number of aromatic nitrogens is 2. The van der Waals surface area contributed by atoms with E-state index < -0.39 is 0 Å². The molecule has 0 aliphatic carbocycles. The number of para-hydroxylation sites is 1. The number of thiophene rings is 1. The molecule has 1 aromatic carbocycles. The monoisotopic (exact) mass is 271 g/mol. The first kappa shape index (κ1) is 11.9. The van der Waals surface area contributed by atoms with Gasteiger partial charge >= 0.3 is 0 Å². The maximum Gasteiger partial charge on any atom is 0.261 e. The van der Waals surface area contributed by atoms with Crippen molar-refractivity contribution in [1.82, 2.24) is 15.1 Å². The second kappa shape index (κ2) is 4.85. The fourth-order valence-corrected chi connectivity index (χ4v) is 2.72. The number of hydrogen-bond acceptors (Lipinski definition) is 3. The Morgan fingerprint density at radius 1 is 1.32 bits per heavy atom. The van der Waals surface area contributed by atoms with Crippen LogP contribution >= 0.6 is 11.3 Å². The Kier molecular flexibility index (Phi) is 3.05. The molecular formula is C14H13N3OS. The van der Waals surface area contributed by atoms with Gasteiger partial charge in [0.25, 0.3) is 5.91 Å². The minimum Gasteiger partial charge on any atom is -0.346 e. The molecule has 0 fully saturated rings. The van der Waals surface area contributed by atoms with Crippen molar-refractivity contribution in [3.63, 3.8) is 0 Å². The number of nitrogens with zero attached hydrogens (tertiary/aromatic N) is 2. The van der Waals surface area contributed by atoms with E-state index in [-0.39, 0.29) is 5.91 Å². The van der Waals surface area contributed by atoms with Gasteiger partial charge in [0.1, 0.15) is 0 Å². The number of carbonyl (C=O) groups excluding carboxylic acids is 1. The van der Waals surface area contributed by atoms with Crippen molar-refractivity contribution in [3.8, 4) is 0 Å². The molecule has 0 aliphatic rings. The smallest absolute Gasteiger partial charge is 0.261 e. The Morgan fingerprint density at radius 3 is 2.95 bits per heavy atom. The summed E-state index contributed by atoms with van der Waals surface area (Å²) in [5, 5.41) is 10.3. The fraction of sp³-hybridized carbons (Fsp3) is 0.143. The van der Waals surface area contributed by atoms with Crippen LogP contribution < -0.4 is 5.32 Å². The number of hydrogen-bond donors (Lipinski definition) is 1. The average molecular weight is 271 g/mol. The topological polar surface area (TPSA) is 46.9 Å². The molecule has 19 heavy (non-hydrogen) atoms. The van der Waals surface area contributed by atoms with Gasteiger partial charge in [0.15, 0.2) is 0 Å². The second-order valence-corrected chi connectivity index (χ2v) is 5.20. The normalized spacial score (nSPS) is 10.8. The first-order valence-corrected chi connectivity index (χ1v) is 6.86. The lowest BCUT2D eigenvalue weighted by molar-refractivity contribution is 0.0954. The Bertz CT molecular complexity index is 715. The molecule has 96 valence electrons. The Balaban J connectivity index is 1.81. The molecule has 0 unspecified atom stereocenters. The highest BCUT2D eigenvalue weighted by Crippen LogP contribution is 2.17. The van der Waals surface area contributed by atoms with E-state index in [0.29, 0.717) is 6.54 Å². The molecule has 2 heterocycles. The van der Waals surface area contributed by atoms with Crippen LogP contribution in [0.2, 0.25) is 0 Å². The molecular weight excluding hydrogens is 258 g/mol. The third kappa shape index (κ3) is 2.24. The summed E-state index contributed by atoms with van der Waals surface area (Å²) in [6.45, 7) is 0.443. The first-order chi connectivity index (χ1) is 9.25. The van der Waals surface area contributed by atoms with Crippen molar-refractivity contribution < 1.29 is 4.79 Å². The van der Waals surface area contributed by atoms with Crippen LogP contribution in [0.4, 0.5) is 0 Å². The van der Waals surface area contributed by atoms with Crippen LogP contribution in [0.1, 0.15) is 15.4 Å². The third-order valence-electron chi connectivity index (χ3n) is 3.00. The van der Waals surface area contributed by atoms with Gasteiger partial charge in [0.2, 0.25) is 0 Å². The van der Waals surface area contributed by atoms with E-state index in [1.54, 1.807) is 0 Å². The Morgan fingerprint density at radius 2 is 2.16 bits per heavy atom. The van der Waals surface area contributed by atoms with Crippen LogP contribution in [0.15, 0.2) is 41.8 Å². The molecule has 4 nitrogen and oxygen atoms in total. The van der Waals surface area contributed by atoms with Gasteiger partial charge in [0, 0.05) is 12.4 Å². The standard InChI is InChI=1S/C14H13N3OS/c1-17-12-6-3-2-5-10(12)11(16-17)9-15-14(18)13-7-4-8-19-13/h2-8H,9H2,1H3,(H,15,18). The number of carbonyl (C=O) groups is 1. The summed E-state index contributed by atoms with van der Waals surface area (Å²) in [7, 11) is 1.91. The molecule has 2 aromatic heterocycles. The van der Waals surface area contributed by atoms with Crippen molar-refractivity contribution in [1.29, 1.82) is 0 Å². The van der Waals surface area contributed by atoms with Gasteiger partial charge in [-0.2, -0.15) is 5.10 Å². The quantitative estimate of drug-likeness (QED) is 0.796. The molecule has 3 rings (SSSR count). The third-order valence-corrected chi connectivity index (χ3v) is 3.86. The minimum absolute atomic E-state index is 0.0512. The predicted octanol–water partition coefficient (Wildman–Crippen LogP) is 2.56. The average Bonchev–Trinajstić information content (AvgIpc) is 3.06. The van der Waals surface area contributed by atoms with Crippen LogP contribution in [-0.4, -0.2) is 15.7 Å². The van der Waals surface area contributed by atoms with Crippen LogP contribution in [0, 0.1) is 0 Å². The molecule has 0 bridgehead atoms. The molecule has 0 saturated carbocycles. The van der Waals surface area contributed by atoms with Crippen molar-refractivity contribution >= 4 is 28.1 Å². The van der Waals surface area contributed by atoms with Crippen molar-refractivity contribution in [2.75, 3.05) is 0 Å². The largest absolute Gasteiger partial charge is 0.346 e. The molecule has 1 amide bonds. The summed E-state index contributed by atoms with van der Waals surface area (Å²) in [6, 6.07) is 11.7. The molecule has 1 N–H and O–H groups in total. The lowest BCUT2D eigenvalue weighted by Gasteiger charge is -2.01. The van der Waals surface area contributed by atoms with Gasteiger partial charge < -0.3 is 5.32 Å². The van der Waals surface area contributed by atoms with Crippen LogP contribution in [-0.2, 0) is 13.6 Å². The molecule has 5 heteroatoms. The summed E-state index contributed by atoms with van der Waals surface area (Å²) in [4.78, 5) is 12.6. The maximum absolute atomic E-state index is 11.9. The maximum atomic E-state index is 11.9. The lowest BCUT2D eigenvalue weighted by atomic mass is 10.2. The van der Waals surface area contributed by atoms with E-state index in [1.807, 2.05) is 53.5 Å². The van der Waals surface area contributed by atoms with E-state index >= 15 is 0 Å². The molecule has 0 spiro atoms. The van der Waals surface area contributed by atoms with E-state index in [2.05, 4.69) is 10.4 Å². The molecule has 3 aromatic rings. The number of rotatable bonds is 3. The van der Waals surface area contributed by atoms with Crippen molar-refractivity contribution in [2.45, 2.75) is 6.54 Å². The van der Waals surface area contributed by atoms with E-state index in [9.17, 15) is 4.79 Å². The SMILES string of the molecule is Cn1nc(CNC(=O)c2cccs2)c2ccccc21. The highest BCUT2D eigenvalue weighted by Gasteiger charge is 2.10. The first-order valence-electron chi connectivity index (χ1n) is 5.98. The van der Waals surface area contributed by atoms with E-state index in [0.717, 1.165) is 21.5 Å². The second-order valence-electron chi connectivity index (χ2n) is 4.25. The zero-order valence-electron chi connectivity index (χ0n) is 10.5. The summed E-state index contributed by atoms with van der Waals surface area (Å²) in [5.74, 6) is -0.0512. The van der Waals surface area contributed by atoms with Crippen molar-refractivity contribution in [2.24, 2.45) is 7.05 Å². The van der Waals surface area contributed by atoms with Crippen LogP contribution in [0.5, 0.6) is 0 Å². The molecule has 0 radical (unpaired) electrons. The number of amides is 1. The summed E-state index contributed by atoms with van der Waals surface area (Å²) < 4.78 is 1.84. The number of benzene rings is 1. The Labute approximate surface area is 114 Å². The van der Waals surface area contributed by atoms with Gasteiger partial charge in [-0.3, -0.25) is 9.48 Å². The number of nitrogens with one attached hydrogen (secondary N) is 1. The molecule has 0 saturated heterocycles. The lowest BCUT2D eigenvalue weighted by Crippen LogP contribution is -2.22.